The van der Waals surface area contributed by atoms with Crippen molar-refractivity contribution in [3.05, 3.63) is 77.1 Å². The summed E-state index contributed by atoms with van der Waals surface area (Å²) in [5.74, 6) is 0.560. The standard InChI is InChI=1S/C31H38N8O/c1-4-39-20-28-30(36-39)35-29(18-32-28)33-22(3)23-6-5-7-26(17-23)34-31(40)24-8-9-25(21(2)16-24)19-37-12-14-38(15-13-37)27-10-11-27/h5-9,16-18,20,22,27H,4,10-15,19H2,1-3H3,(H,34,40)(H,33,35,36)/t22-/m0/s1. The van der Waals surface area contributed by atoms with Crippen LogP contribution in [-0.4, -0.2) is 67.7 Å². The molecule has 0 bridgehead atoms. The molecule has 2 fully saturated rings. The molecule has 208 valence electrons. The Balaban J connectivity index is 1.06. The van der Waals surface area contributed by atoms with E-state index in [9.17, 15) is 4.79 Å². The highest BCUT2D eigenvalue weighted by Gasteiger charge is 2.31. The molecule has 3 heterocycles. The fourth-order valence-corrected chi connectivity index (χ4v) is 5.45. The maximum Gasteiger partial charge on any atom is 0.255 e. The lowest BCUT2D eigenvalue weighted by molar-refractivity contribution is 0.102. The number of hydrogen-bond acceptors (Lipinski definition) is 7. The molecule has 1 aliphatic heterocycles. The van der Waals surface area contributed by atoms with E-state index in [-0.39, 0.29) is 11.9 Å². The zero-order chi connectivity index (χ0) is 27.6. The van der Waals surface area contributed by atoms with Crippen LogP contribution in [0.15, 0.2) is 54.9 Å². The number of carbonyl (C=O) groups excluding carboxylic acids is 1. The summed E-state index contributed by atoms with van der Waals surface area (Å²) in [6.07, 6.45) is 6.38. The van der Waals surface area contributed by atoms with Crippen molar-refractivity contribution >= 4 is 28.6 Å². The first-order valence-corrected chi connectivity index (χ1v) is 14.4. The number of nitrogens with one attached hydrogen (secondary N) is 2. The highest BCUT2D eigenvalue weighted by molar-refractivity contribution is 6.04. The number of nitrogens with zero attached hydrogens (tertiary/aromatic N) is 6. The number of piperazine rings is 1. The van der Waals surface area contributed by atoms with E-state index in [1.807, 2.05) is 54.2 Å². The van der Waals surface area contributed by atoms with Crippen LogP contribution in [0.25, 0.3) is 11.2 Å². The summed E-state index contributed by atoms with van der Waals surface area (Å²) in [6, 6.07) is 14.8. The van der Waals surface area contributed by atoms with Crippen molar-refractivity contribution in [2.45, 2.75) is 58.8 Å². The predicted octanol–water partition coefficient (Wildman–Crippen LogP) is 4.86. The lowest BCUT2D eigenvalue weighted by Gasteiger charge is -2.35. The molecule has 0 radical (unpaired) electrons. The van der Waals surface area contributed by atoms with Gasteiger partial charge in [-0.2, -0.15) is 5.10 Å². The smallest absolute Gasteiger partial charge is 0.255 e. The van der Waals surface area contributed by atoms with E-state index in [1.54, 1.807) is 6.20 Å². The zero-order valence-electron chi connectivity index (χ0n) is 23.6. The summed E-state index contributed by atoms with van der Waals surface area (Å²) < 4.78 is 1.83. The lowest BCUT2D eigenvalue weighted by Crippen LogP contribution is -2.46. The van der Waals surface area contributed by atoms with Crippen molar-refractivity contribution in [1.82, 2.24) is 29.5 Å². The topological polar surface area (TPSA) is 91.2 Å². The quantitative estimate of drug-likeness (QED) is 0.315. The van der Waals surface area contributed by atoms with Crippen LogP contribution in [0.2, 0.25) is 0 Å². The monoisotopic (exact) mass is 538 g/mol. The van der Waals surface area contributed by atoms with Crippen LogP contribution >= 0.6 is 0 Å². The van der Waals surface area contributed by atoms with Crippen LogP contribution in [0.5, 0.6) is 0 Å². The van der Waals surface area contributed by atoms with Gasteiger partial charge in [0.15, 0.2) is 0 Å². The fraction of sp³-hybridized carbons (Fsp3) is 0.419. The van der Waals surface area contributed by atoms with Crippen molar-refractivity contribution in [2.24, 2.45) is 0 Å². The van der Waals surface area contributed by atoms with Crippen LogP contribution in [0, 0.1) is 6.92 Å². The van der Waals surface area contributed by atoms with Gasteiger partial charge in [0.05, 0.1) is 18.4 Å². The third-order valence-corrected chi connectivity index (χ3v) is 8.08. The average Bonchev–Trinajstić information content (AvgIpc) is 3.73. The molecule has 1 aliphatic carbocycles. The number of rotatable bonds is 9. The summed E-state index contributed by atoms with van der Waals surface area (Å²) in [5, 5.41) is 10.9. The Bertz CT molecular complexity index is 1500. The van der Waals surface area contributed by atoms with Gasteiger partial charge in [-0.25, -0.2) is 9.97 Å². The van der Waals surface area contributed by atoms with Crippen molar-refractivity contribution < 1.29 is 4.79 Å². The highest BCUT2D eigenvalue weighted by Crippen LogP contribution is 2.28. The lowest BCUT2D eigenvalue weighted by atomic mass is 10.0. The molecule has 1 saturated carbocycles. The first-order chi connectivity index (χ1) is 19.4. The van der Waals surface area contributed by atoms with E-state index >= 15 is 0 Å². The third-order valence-electron chi connectivity index (χ3n) is 8.08. The minimum Gasteiger partial charge on any atom is -0.362 e. The van der Waals surface area contributed by atoms with E-state index in [0.717, 1.165) is 54.6 Å². The van der Waals surface area contributed by atoms with Crippen LogP contribution in [0.4, 0.5) is 11.5 Å². The maximum atomic E-state index is 13.1. The van der Waals surface area contributed by atoms with Gasteiger partial charge in [-0.1, -0.05) is 18.2 Å². The SMILES string of the molecule is CCn1cc2ncc(N[C@@H](C)c3cccc(NC(=O)c4ccc(CN5CCN(C6CC6)CC5)c(C)c4)c3)nc2n1. The Morgan fingerprint density at radius 3 is 2.67 bits per heavy atom. The average molecular weight is 539 g/mol. The zero-order valence-corrected chi connectivity index (χ0v) is 23.6. The van der Waals surface area contributed by atoms with Gasteiger partial charge in [-0.05, 0) is 74.6 Å². The van der Waals surface area contributed by atoms with Gasteiger partial charge in [-0.3, -0.25) is 19.3 Å². The van der Waals surface area contributed by atoms with E-state index in [1.165, 1.54) is 31.5 Å². The second kappa shape index (κ2) is 11.3. The predicted molar refractivity (Wildman–Crippen MR) is 158 cm³/mol. The number of aromatic nitrogens is 4. The largest absolute Gasteiger partial charge is 0.362 e. The number of anilines is 2. The molecule has 2 aromatic carbocycles. The third kappa shape index (κ3) is 6.00. The molecule has 1 saturated heterocycles. The van der Waals surface area contributed by atoms with E-state index in [0.29, 0.717) is 17.0 Å². The molecular weight excluding hydrogens is 500 g/mol. The maximum absolute atomic E-state index is 13.1. The van der Waals surface area contributed by atoms with Crippen LogP contribution in [-0.2, 0) is 13.1 Å². The number of amides is 1. The number of carbonyl (C=O) groups is 1. The first-order valence-electron chi connectivity index (χ1n) is 14.4. The molecule has 0 unspecified atom stereocenters. The molecule has 2 N–H and O–H groups in total. The van der Waals surface area contributed by atoms with Gasteiger partial charge in [0.25, 0.3) is 5.91 Å². The molecule has 0 spiro atoms. The normalized spacial score (nSPS) is 17.2. The summed E-state index contributed by atoms with van der Waals surface area (Å²) in [4.78, 5) is 27.4. The van der Waals surface area contributed by atoms with Crippen LogP contribution < -0.4 is 10.6 Å². The second-order valence-corrected chi connectivity index (χ2v) is 11.1. The molecular formula is C31H38N8O. The molecule has 2 aromatic heterocycles. The van der Waals surface area contributed by atoms with Crippen LogP contribution in [0.1, 0.15) is 59.8 Å². The molecule has 4 aromatic rings. The Morgan fingerprint density at radius 1 is 1.10 bits per heavy atom. The number of hydrogen-bond donors (Lipinski definition) is 2. The minimum absolute atomic E-state index is 0.0375. The van der Waals surface area contributed by atoms with Gasteiger partial charge >= 0.3 is 0 Å². The van der Waals surface area contributed by atoms with Crippen molar-refractivity contribution in [3.63, 3.8) is 0 Å². The van der Waals surface area contributed by atoms with Crippen molar-refractivity contribution in [2.75, 3.05) is 36.8 Å². The van der Waals surface area contributed by atoms with E-state index in [2.05, 4.69) is 55.4 Å². The first kappa shape index (κ1) is 26.4. The van der Waals surface area contributed by atoms with Gasteiger partial charge in [0.1, 0.15) is 11.3 Å². The molecule has 2 aliphatic rings. The molecule has 9 nitrogen and oxygen atoms in total. The molecule has 40 heavy (non-hydrogen) atoms. The summed E-state index contributed by atoms with van der Waals surface area (Å²) >= 11 is 0. The highest BCUT2D eigenvalue weighted by atomic mass is 16.1. The Hall–Kier alpha value is -3.82. The van der Waals surface area contributed by atoms with Crippen molar-refractivity contribution in [3.8, 4) is 0 Å². The molecule has 9 heteroatoms. The number of benzene rings is 2. The van der Waals surface area contributed by atoms with Gasteiger partial charge in [-0.15, -0.1) is 0 Å². The number of fused-ring (bicyclic) bond motifs is 1. The summed E-state index contributed by atoms with van der Waals surface area (Å²) in [6.45, 7) is 12.5. The Morgan fingerprint density at radius 2 is 1.93 bits per heavy atom. The molecule has 1 amide bonds. The van der Waals surface area contributed by atoms with Gasteiger partial charge in [0.2, 0.25) is 5.65 Å². The minimum atomic E-state index is -0.103. The van der Waals surface area contributed by atoms with Crippen molar-refractivity contribution in [1.29, 1.82) is 0 Å². The molecule has 1 atom stereocenters. The fourth-order valence-electron chi connectivity index (χ4n) is 5.45. The van der Waals surface area contributed by atoms with Gasteiger partial charge < -0.3 is 10.6 Å². The Kier molecular flexibility index (Phi) is 7.49. The molecule has 6 rings (SSSR count). The summed E-state index contributed by atoms with van der Waals surface area (Å²) in [5.41, 5.74) is 6.32. The van der Waals surface area contributed by atoms with E-state index in [4.69, 9.17) is 0 Å². The Labute approximate surface area is 235 Å². The van der Waals surface area contributed by atoms with Gasteiger partial charge in [0, 0.05) is 56.6 Å². The second-order valence-electron chi connectivity index (χ2n) is 11.1. The van der Waals surface area contributed by atoms with E-state index < -0.39 is 0 Å². The summed E-state index contributed by atoms with van der Waals surface area (Å²) in [7, 11) is 0. The number of aryl methyl sites for hydroxylation is 2. The van der Waals surface area contributed by atoms with Crippen LogP contribution in [0.3, 0.4) is 0 Å².